The van der Waals surface area contributed by atoms with Crippen LogP contribution in [0.3, 0.4) is 0 Å². The fraction of sp³-hybridized carbons (Fsp3) is 0.318. The van der Waals surface area contributed by atoms with Crippen molar-refractivity contribution in [1.82, 2.24) is 19.3 Å². The van der Waals surface area contributed by atoms with Crippen molar-refractivity contribution in [3.05, 3.63) is 82.9 Å². The van der Waals surface area contributed by atoms with Gasteiger partial charge in [-0.2, -0.15) is 5.10 Å². The number of aromatic nitrogens is 4. The van der Waals surface area contributed by atoms with Crippen LogP contribution in [-0.4, -0.2) is 50.4 Å². The van der Waals surface area contributed by atoms with E-state index in [1.165, 1.54) is 32.2 Å². The minimum absolute atomic E-state index is 0.0337. The standard InChI is InChI=1S/C22H25N7O7/c1-4-9-27-19(23)18(20(31)24-22(27)33)26(10-11-36-3)21(32)17-16(30)12-13(2)28(25-17)14-7-5-6-8-15(14)29(34)35/h5-8,12H,4,9-11,23H2,1-3H3,(H,24,31,33). The van der Waals surface area contributed by atoms with Crippen LogP contribution in [0.5, 0.6) is 0 Å². The fourth-order valence-corrected chi connectivity index (χ4v) is 3.65. The molecule has 0 aliphatic rings. The minimum Gasteiger partial charge on any atom is -0.383 e. The first kappa shape index (κ1) is 26.0. The van der Waals surface area contributed by atoms with Crippen molar-refractivity contribution in [1.29, 1.82) is 0 Å². The lowest BCUT2D eigenvalue weighted by Crippen LogP contribution is -2.44. The van der Waals surface area contributed by atoms with E-state index in [1.807, 2.05) is 0 Å². The van der Waals surface area contributed by atoms with E-state index in [0.717, 1.165) is 20.2 Å². The van der Waals surface area contributed by atoms with Crippen LogP contribution in [0.25, 0.3) is 5.69 Å². The predicted molar refractivity (Wildman–Crippen MR) is 131 cm³/mol. The molecule has 0 bridgehead atoms. The second-order valence-corrected chi connectivity index (χ2v) is 7.75. The number of methoxy groups -OCH3 is 1. The van der Waals surface area contributed by atoms with Crippen molar-refractivity contribution in [3.8, 4) is 5.69 Å². The van der Waals surface area contributed by atoms with Gasteiger partial charge < -0.3 is 10.5 Å². The van der Waals surface area contributed by atoms with Gasteiger partial charge in [0.1, 0.15) is 11.5 Å². The van der Waals surface area contributed by atoms with Crippen LogP contribution in [0.15, 0.2) is 44.7 Å². The summed E-state index contributed by atoms with van der Waals surface area (Å²) in [6.45, 7) is 3.24. The van der Waals surface area contributed by atoms with Gasteiger partial charge in [-0.25, -0.2) is 9.48 Å². The van der Waals surface area contributed by atoms with Crippen LogP contribution in [-0.2, 0) is 11.3 Å². The summed E-state index contributed by atoms with van der Waals surface area (Å²) in [5, 5.41) is 15.6. The van der Waals surface area contributed by atoms with Gasteiger partial charge in [-0.05, 0) is 19.4 Å². The summed E-state index contributed by atoms with van der Waals surface area (Å²) in [5.41, 5.74) is 2.71. The molecule has 0 saturated heterocycles. The molecule has 14 heteroatoms. The molecule has 1 amide bonds. The Morgan fingerprint density at radius 3 is 2.61 bits per heavy atom. The number of nitrogens with zero attached hydrogens (tertiary/aromatic N) is 5. The van der Waals surface area contributed by atoms with Gasteiger partial charge in [-0.1, -0.05) is 19.1 Å². The van der Waals surface area contributed by atoms with E-state index in [1.54, 1.807) is 13.0 Å². The molecule has 0 saturated carbocycles. The van der Waals surface area contributed by atoms with Crippen LogP contribution in [0, 0.1) is 17.0 Å². The zero-order valence-corrected chi connectivity index (χ0v) is 19.9. The number of rotatable bonds is 9. The zero-order chi connectivity index (χ0) is 26.6. The molecular formula is C22H25N7O7. The number of para-hydroxylation sites is 2. The number of aryl methyl sites for hydroxylation is 1. The minimum atomic E-state index is -0.997. The molecule has 0 fully saturated rings. The Kier molecular flexibility index (Phi) is 7.79. The number of nitrogens with two attached hydrogens (primary N) is 1. The lowest BCUT2D eigenvalue weighted by atomic mass is 10.2. The Hall–Kier alpha value is -4.59. The van der Waals surface area contributed by atoms with E-state index in [9.17, 15) is 29.3 Å². The molecule has 3 aromatic rings. The maximum atomic E-state index is 13.6. The molecule has 0 atom stereocenters. The number of nitro benzene ring substituents is 1. The molecule has 2 aromatic heterocycles. The van der Waals surface area contributed by atoms with Crippen molar-refractivity contribution in [2.75, 3.05) is 30.9 Å². The lowest BCUT2D eigenvalue weighted by Gasteiger charge is -2.24. The first-order valence-corrected chi connectivity index (χ1v) is 10.9. The number of nitrogens with one attached hydrogen (secondary N) is 1. The van der Waals surface area contributed by atoms with Crippen LogP contribution >= 0.6 is 0 Å². The number of anilines is 2. The molecule has 14 nitrogen and oxygen atoms in total. The van der Waals surface area contributed by atoms with Crippen LogP contribution in [0.1, 0.15) is 29.5 Å². The summed E-state index contributed by atoms with van der Waals surface area (Å²) in [6, 6.07) is 6.81. The number of hydrogen-bond acceptors (Lipinski definition) is 9. The van der Waals surface area contributed by atoms with Gasteiger partial charge in [0.15, 0.2) is 11.4 Å². The molecule has 1 aromatic carbocycles. The molecule has 3 N–H and O–H groups in total. The number of amides is 1. The van der Waals surface area contributed by atoms with Crippen LogP contribution in [0.2, 0.25) is 0 Å². The van der Waals surface area contributed by atoms with Gasteiger partial charge in [0, 0.05) is 38.0 Å². The highest BCUT2D eigenvalue weighted by Gasteiger charge is 2.29. The highest BCUT2D eigenvalue weighted by atomic mass is 16.6. The quantitative estimate of drug-likeness (QED) is 0.313. The van der Waals surface area contributed by atoms with Gasteiger partial charge in [0.2, 0.25) is 5.43 Å². The van der Waals surface area contributed by atoms with E-state index >= 15 is 0 Å². The van der Waals surface area contributed by atoms with Gasteiger partial charge >= 0.3 is 5.69 Å². The maximum absolute atomic E-state index is 13.6. The molecule has 36 heavy (non-hydrogen) atoms. The molecule has 2 heterocycles. The summed E-state index contributed by atoms with van der Waals surface area (Å²) < 4.78 is 7.26. The van der Waals surface area contributed by atoms with E-state index in [2.05, 4.69) is 10.1 Å². The first-order valence-electron chi connectivity index (χ1n) is 10.9. The van der Waals surface area contributed by atoms with Crippen molar-refractivity contribution >= 4 is 23.1 Å². The smallest absolute Gasteiger partial charge is 0.330 e. The lowest BCUT2D eigenvalue weighted by molar-refractivity contribution is -0.384. The van der Waals surface area contributed by atoms with E-state index in [0.29, 0.717) is 6.42 Å². The summed E-state index contributed by atoms with van der Waals surface area (Å²) in [5.74, 6) is -1.26. The first-order chi connectivity index (χ1) is 17.1. The summed E-state index contributed by atoms with van der Waals surface area (Å²) in [7, 11) is 1.37. The summed E-state index contributed by atoms with van der Waals surface area (Å²) in [4.78, 5) is 65.4. The third-order valence-corrected chi connectivity index (χ3v) is 5.31. The highest BCUT2D eigenvalue weighted by Crippen LogP contribution is 2.23. The Bertz CT molecular complexity index is 1490. The third kappa shape index (κ3) is 4.93. The number of H-pyrrole nitrogens is 1. The number of ether oxygens (including phenoxy) is 1. The average Bonchev–Trinajstić information content (AvgIpc) is 2.83. The van der Waals surface area contributed by atoms with E-state index < -0.39 is 33.2 Å². The van der Waals surface area contributed by atoms with Crippen LogP contribution < -0.4 is 27.3 Å². The third-order valence-electron chi connectivity index (χ3n) is 5.31. The molecule has 0 spiro atoms. The molecule has 0 unspecified atom stereocenters. The second-order valence-electron chi connectivity index (χ2n) is 7.75. The monoisotopic (exact) mass is 499 g/mol. The Morgan fingerprint density at radius 2 is 1.97 bits per heavy atom. The van der Waals surface area contributed by atoms with Crippen LogP contribution in [0.4, 0.5) is 17.2 Å². The Balaban J connectivity index is 2.24. The number of nitro groups is 1. The summed E-state index contributed by atoms with van der Waals surface area (Å²) >= 11 is 0. The molecular weight excluding hydrogens is 474 g/mol. The number of carbonyl (C=O) groups is 1. The highest BCUT2D eigenvalue weighted by molar-refractivity contribution is 6.05. The molecule has 0 radical (unpaired) electrons. The van der Waals surface area contributed by atoms with Gasteiger partial charge in [0.05, 0.1) is 11.5 Å². The van der Waals surface area contributed by atoms with Crippen molar-refractivity contribution in [2.24, 2.45) is 0 Å². The topological polar surface area (TPSA) is 188 Å². The van der Waals surface area contributed by atoms with Gasteiger partial charge in [0.25, 0.3) is 17.2 Å². The van der Waals surface area contributed by atoms with Crippen molar-refractivity contribution in [3.63, 3.8) is 0 Å². The fourth-order valence-electron chi connectivity index (χ4n) is 3.65. The Morgan fingerprint density at radius 1 is 1.28 bits per heavy atom. The van der Waals surface area contributed by atoms with Crippen molar-refractivity contribution < 1.29 is 14.5 Å². The molecule has 3 rings (SSSR count). The normalized spacial score (nSPS) is 10.9. The maximum Gasteiger partial charge on any atom is 0.330 e. The number of nitrogen functional groups attached to an aromatic ring is 1. The number of carbonyl (C=O) groups excluding carboxylic acids is 1. The average molecular weight is 499 g/mol. The largest absolute Gasteiger partial charge is 0.383 e. The molecule has 190 valence electrons. The molecule has 0 aliphatic carbocycles. The van der Waals surface area contributed by atoms with Crippen molar-refractivity contribution in [2.45, 2.75) is 26.8 Å². The second kappa shape index (κ2) is 10.8. The molecule has 0 aliphatic heterocycles. The predicted octanol–water partition coefficient (Wildman–Crippen LogP) is 0.585. The number of benzene rings is 1. The number of hydrogen-bond donors (Lipinski definition) is 2. The van der Waals surface area contributed by atoms with Gasteiger partial charge in [-0.3, -0.25) is 38.9 Å². The van der Waals surface area contributed by atoms with E-state index in [-0.39, 0.29) is 48.3 Å². The number of aromatic amines is 1. The summed E-state index contributed by atoms with van der Waals surface area (Å²) in [6.07, 6.45) is 0.516. The van der Waals surface area contributed by atoms with Gasteiger partial charge in [-0.15, -0.1) is 0 Å². The van der Waals surface area contributed by atoms with E-state index in [4.69, 9.17) is 10.5 Å². The Labute approximate surface area is 203 Å². The SMILES string of the molecule is CCCn1c(N)c(N(CCOC)C(=O)c2nn(-c3ccccc3[N+](=O)[O-])c(C)cc2=O)c(=O)[nH]c1=O. The zero-order valence-electron chi connectivity index (χ0n) is 19.9.